The number of aliphatic hydroxyl groups is 1. The summed E-state index contributed by atoms with van der Waals surface area (Å²) in [7, 11) is 3.49. The first-order chi connectivity index (χ1) is 17.4. The van der Waals surface area contributed by atoms with Crippen LogP contribution in [-0.2, 0) is 10.3 Å². The minimum atomic E-state index is -1.38. The van der Waals surface area contributed by atoms with Crippen molar-refractivity contribution in [2.75, 3.05) is 40.4 Å². The SMILES string of the molecule is CNCC(C)NC(=O)N1CCC[C@@H]([C@@](O)(CCCCOC)c2cc(F)ccc2Oc2ccccc2)C1. The number of likely N-dealkylation sites (tertiary alicyclic amines) is 1. The number of carbonyl (C=O) groups excluding carboxylic acids is 1. The standard InChI is InChI=1S/C28H40FN3O4/c1-21(19-30-2)31-27(33)32-16-9-10-22(20-32)28(34,15-7-8-17-35-3)25-18-23(29)13-14-26(25)36-24-11-5-4-6-12-24/h4-6,11-14,18,21-22,30,34H,7-10,15-17,19-20H2,1-3H3,(H,31,33)/t21?,22-,28+/m1/s1. The molecule has 1 aliphatic heterocycles. The second-order valence-corrected chi connectivity index (χ2v) is 9.62. The fourth-order valence-corrected chi connectivity index (χ4v) is 4.96. The van der Waals surface area contributed by atoms with E-state index in [1.807, 2.05) is 44.3 Å². The van der Waals surface area contributed by atoms with Gasteiger partial charge in [-0.25, -0.2) is 9.18 Å². The summed E-state index contributed by atoms with van der Waals surface area (Å²) in [5.74, 6) is 0.308. The summed E-state index contributed by atoms with van der Waals surface area (Å²) in [4.78, 5) is 14.7. The molecule has 1 unspecified atom stereocenters. The van der Waals surface area contributed by atoms with Gasteiger partial charge >= 0.3 is 6.03 Å². The van der Waals surface area contributed by atoms with Crippen molar-refractivity contribution in [1.82, 2.24) is 15.5 Å². The molecule has 1 heterocycles. The van der Waals surface area contributed by atoms with Crippen LogP contribution in [0.25, 0.3) is 0 Å². The van der Waals surface area contributed by atoms with Gasteiger partial charge in [-0.2, -0.15) is 0 Å². The third-order valence-electron chi connectivity index (χ3n) is 6.80. The molecule has 36 heavy (non-hydrogen) atoms. The summed E-state index contributed by atoms with van der Waals surface area (Å²) in [6.45, 7) is 4.18. The largest absolute Gasteiger partial charge is 0.457 e. The van der Waals surface area contributed by atoms with Crippen LogP contribution in [-0.4, -0.2) is 62.5 Å². The number of hydrogen-bond acceptors (Lipinski definition) is 5. The number of urea groups is 1. The second-order valence-electron chi connectivity index (χ2n) is 9.62. The van der Waals surface area contributed by atoms with Crippen LogP contribution in [0, 0.1) is 11.7 Å². The number of nitrogens with zero attached hydrogens (tertiary/aromatic N) is 1. The molecule has 0 spiro atoms. The van der Waals surface area contributed by atoms with Crippen LogP contribution >= 0.6 is 0 Å². The van der Waals surface area contributed by atoms with Gasteiger partial charge in [0.1, 0.15) is 17.3 Å². The number of benzene rings is 2. The van der Waals surface area contributed by atoms with Gasteiger partial charge in [-0.15, -0.1) is 0 Å². The molecule has 7 nitrogen and oxygen atoms in total. The molecule has 0 bridgehead atoms. The molecule has 1 saturated heterocycles. The van der Waals surface area contributed by atoms with Gasteiger partial charge in [0.05, 0.1) is 5.60 Å². The molecule has 3 N–H and O–H groups in total. The van der Waals surface area contributed by atoms with Gasteiger partial charge in [0.25, 0.3) is 0 Å². The summed E-state index contributed by atoms with van der Waals surface area (Å²) in [6.07, 6.45) is 3.33. The van der Waals surface area contributed by atoms with Gasteiger partial charge in [0.15, 0.2) is 0 Å². The second kappa shape index (κ2) is 13.6. The number of unbranched alkanes of at least 4 members (excludes halogenated alkanes) is 1. The minimum absolute atomic E-state index is 0.0232. The molecule has 3 rings (SSSR count). The molecular formula is C28H40FN3O4. The molecule has 3 atom stereocenters. The molecule has 2 aromatic carbocycles. The highest BCUT2D eigenvalue weighted by molar-refractivity contribution is 5.74. The molecule has 198 valence electrons. The Kier molecular flexibility index (Phi) is 10.5. The maximum atomic E-state index is 14.6. The average molecular weight is 502 g/mol. The van der Waals surface area contributed by atoms with Crippen LogP contribution in [0.15, 0.2) is 48.5 Å². The Morgan fingerprint density at radius 1 is 1.25 bits per heavy atom. The molecule has 1 fully saturated rings. The zero-order valence-corrected chi connectivity index (χ0v) is 21.6. The predicted octanol–water partition coefficient (Wildman–Crippen LogP) is 4.65. The smallest absolute Gasteiger partial charge is 0.317 e. The van der Waals surface area contributed by atoms with Crippen LogP contribution in [0.3, 0.4) is 0 Å². The lowest BCUT2D eigenvalue weighted by molar-refractivity contribution is -0.0576. The maximum absolute atomic E-state index is 14.6. The number of nitrogens with one attached hydrogen (secondary N) is 2. The highest BCUT2D eigenvalue weighted by Crippen LogP contribution is 2.44. The molecule has 1 aliphatic rings. The van der Waals surface area contributed by atoms with Crippen molar-refractivity contribution in [2.45, 2.75) is 50.7 Å². The topological polar surface area (TPSA) is 83.1 Å². The highest BCUT2D eigenvalue weighted by atomic mass is 19.1. The molecule has 0 saturated carbocycles. The lowest BCUT2D eigenvalue weighted by Gasteiger charge is -2.43. The van der Waals surface area contributed by atoms with Crippen molar-refractivity contribution in [2.24, 2.45) is 5.92 Å². The van der Waals surface area contributed by atoms with Gasteiger partial charge in [0.2, 0.25) is 0 Å². The third-order valence-corrected chi connectivity index (χ3v) is 6.80. The third kappa shape index (κ3) is 7.41. The van der Waals surface area contributed by atoms with Crippen molar-refractivity contribution in [3.8, 4) is 11.5 Å². The molecule has 8 heteroatoms. The fraction of sp³-hybridized carbons (Fsp3) is 0.536. The quantitative estimate of drug-likeness (QED) is 0.369. The monoisotopic (exact) mass is 501 g/mol. The molecule has 2 amide bonds. The lowest BCUT2D eigenvalue weighted by Crippen LogP contribution is -2.53. The van der Waals surface area contributed by atoms with Crippen LogP contribution in [0.2, 0.25) is 0 Å². The molecule has 0 aliphatic carbocycles. The molecular weight excluding hydrogens is 461 g/mol. The predicted molar refractivity (Wildman–Crippen MR) is 139 cm³/mol. The van der Waals surface area contributed by atoms with Crippen LogP contribution in [0.5, 0.6) is 11.5 Å². The van der Waals surface area contributed by atoms with Gasteiger partial charge < -0.3 is 30.1 Å². The number of halogens is 1. The first kappa shape index (κ1) is 27.9. The fourth-order valence-electron chi connectivity index (χ4n) is 4.96. The Balaban J connectivity index is 1.91. The van der Waals surface area contributed by atoms with E-state index in [0.717, 1.165) is 19.3 Å². The number of methoxy groups -OCH3 is 1. The van der Waals surface area contributed by atoms with Crippen molar-refractivity contribution < 1.29 is 23.8 Å². The van der Waals surface area contributed by atoms with Gasteiger partial charge in [-0.05, 0) is 76.4 Å². The zero-order valence-electron chi connectivity index (χ0n) is 21.6. The average Bonchev–Trinajstić information content (AvgIpc) is 2.88. The number of likely N-dealkylation sites (N-methyl/N-ethyl adjacent to an activating group) is 1. The molecule has 2 aromatic rings. The highest BCUT2D eigenvalue weighted by Gasteiger charge is 2.43. The van der Waals surface area contributed by atoms with Crippen molar-refractivity contribution >= 4 is 6.03 Å². The Hall–Kier alpha value is -2.68. The van der Waals surface area contributed by atoms with Crippen molar-refractivity contribution in [1.29, 1.82) is 0 Å². The normalized spacial score (nSPS) is 18.4. The van der Waals surface area contributed by atoms with Crippen LogP contribution < -0.4 is 15.4 Å². The zero-order chi connectivity index (χ0) is 26.0. The van der Waals surface area contributed by atoms with Gasteiger partial charge in [-0.3, -0.25) is 0 Å². The number of carbonyl (C=O) groups is 1. The number of rotatable bonds is 12. The summed E-state index contributed by atoms with van der Waals surface area (Å²) in [6, 6.07) is 13.4. The molecule has 0 aromatic heterocycles. The Bertz CT molecular complexity index is 961. The van der Waals surface area contributed by atoms with E-state index in [1.165, 1.54) is 12.1 Å². The van der Waals surface area contributed by atoms with E-state index in [2.05, 4.69) is 10.6 Å². The van der Waals surface area contributed by atoms with E-state index in [-0.39, 0.29) is 18.0 Å². The summed E-state index contributed by atoms with van der Waals surface area (Å²) in [5, 5.41) is 18.4. The van der Waals surface area contributed by atoms with Gasteiger partial charge in [-0.1, -0.05) is 18.2 Å². The minimum Gasteiger partial charge on any atom is -0.457 e. The lowest BCUT2D eigenvalue weighted by atomic mass is 9.73. The number of ether oxygens (including phenoxy) is 2. The van der Waals surface area contributed by atoms with E-state index < -0.39 is 11.4 Å². The number of hydrogen-bond donors (Lipinski definition) is 3. The summed E-state index contributed by atoms with van der Waals surface area (Å²) in [5.41, 5.74) is -0.963. The Labute approximate surface area is 214 Å². The van der Waals surface area contributed by atoms with E-state index in [9.17, 15) is 14.3 Å². The van der Waals surface area contributed by atoms with Gasteiger partial charge in [0, 0.05) is 50.9 Å². The number of piperidine rings is 1. The Morgan fingerprint density at radius 3 is 2.75 bits per heavy atom. The van der Waals surface area contributed by atoms with E-state index in [1.54, 1.807) is 18.1 Å². The molecule has 0 radical (unpaired) electrons. The first-order valence-electron chi connectivity index (χ1n) is 12.8. The summed E-state index contributed by atoms with van der Waals surface area (Å²) < 4.78 is 25.9. The number of para-hydroxylation sites is 1. The van der Waals surface area contributed by atoms with Crippen LogP contribution in [0.4, 0.5) is 9.18 Å². The first-order valence-corrected chi connectivity index (χ1v) is 12.8. The maximum Gasteiger partial charge on any atom is 0.317 e. The van der Waals surface area contributed by atoms with Crippen molar-refractivity contribution in [3.05, 3.63) is 59.9 Å². The number of amides is 2. The summed E-state index contributed by atoms with van der Waals surface area (Å²) >= 11 is 0. The Morgan fingerprint density at radius 2 is 2.03 bits per heavy atom. The van der Waals surface area contributed by atoms with E-state index in [0.29, 0.717) is 56.1 Å². The van der Waals surface area contributed by atoms with E-state index in [4.69, 9.17) is 9.47 Å². The van der Waals surface area contributed by atoms with Crippen LogP contribution in [0.1, 0.15) is 44.6 Å². The van der Waals surface area contributed by atoms with E-state index >= 15 is 0 Å². The van der Waals surface area contributed by atoms with Crippen molar-refractivity contribution in [3.63, 3.8) is 0 Å².